The van der Waals surface area contributed by atoms with E-state index in [-0.39, 0.29) is 6.10 Å². The summed E-state index contributed by atoms with van der Waals surface area (Å²) in [4.78, 5) is 0. The van der Waals surface area contributed by atoms with E-state index in [1.807, 2.05) is 0 Å². The van der Waals surface area contributed by atoms with Gasteiger partial charge < -0.3 is 26.4 Å². The first-order valence-electron chi connectivity index (χ1n) is 21.3. The fourth-order valence-electron chi connectivity index (χ4n) is 11.9. The van der Waals surface area contributed by atoms with E-state index in [9.17, 15) is 5.11 Å². The van der Waals surface area contributed by atoms with Crippen LogP contribution in [0.25, 0.3) is 0 Å². The van der Waals surface area contributed by atoms with E-state index in [2.05, 4.69) is 86.2 Å². The van der Waals surface area contributed by atoms with Crippen molar-refractivity contribution < 1.29 is 5.11 Å². The highest BCUT2D eigenvalue weighted by atomic mass is 16.3. The zero-order valence-corrected chi connectivity index (χ0v) is 32.6. The van der Waals surface area contributed by atoms with E-state index in [0.717, 1.165) is 81.8 Å². The lowest BCUT2D eigenvalue weighted by molar-refractivity contribution is -0.167. The van der Waals surface area contributed by atoms with E-state index < -0.39 is 0 Å². The predicted octanol–water partition coefficient (Wildman–Crippen LogP) is 8.57. The molecule has 0 radical (unpaired) electrons. The lowest BCUT2D eigenvalue weighted by Gasteiger charge is -2.62. The zero-order chi connectivity index (χ0) is 34.7. The van der Waals surface area contributed by atoms with E-state index in [1.165, 1.54) is 95.5 Å². The Morgan fingerprint density at radius 1 is 0.694 bits per heavy atom. The van der Waals surface area contributed by atoms with Crippen molar-refractivity contribution in [1.29, 1.82) is 0 Å². The molecule has 5 nitrogen and oxygen atoms in total. The van der Waals surface area contributed by atoms with Crippen LogP contribution >= 0.6 is 0 Å². The summed E-state index contributed by atoms with van der Waals surface area (Å²) in [6.07, 6.45) is 19.5. The van der Waals surface area contributed by atoms with E-state index in [4.69, 9.17) is 0 Å². The molecule has 4 aliphatic carbocycles. The molecule has 3 unspecified atom stereocenters. The van der Waals surface area contributed by atoms with Gasteiger partial charge in [0.05, 0.1) is 6.10 Å². The Balaban J connectivity index is 0.921. The van der Waals surface area contributed by atoms with Gasteiger partial charge in [0.1, 0.15) is 0 Å². The monoisotopic (exact) mass is 679 g/mol. The Labute approximate surface area is 302 Å². The number of aliphatic hydroxyl groups is 1. The zero-order valence-electron chi connectivity index (χ0n) is 32.6. The first-order valence-corrected chi connectivity index (χ1v) is 21.3. The smallest absolute Gasteiger partial charge is 0.0577 e. The van der Waals surface area contributed by atoms with Crippen molar-refractivity contribution in [1.82, 2.24) is 21.3 Å². The molecule has 0 bridgehead atoms. The van der Waals surface area contributed by atoms with Crippen LogP contribution in [0.1, 0.15) is 136 Å². The van der Waals surface area contributed by atoms with Crippen molar-refractivity contribution in [2.75, 3.05) is 39.3 Å². The summed E-state index contributed by atoms with van der Waals surface area (Å²) in [5.74, 6) is 5.23. The van der Waals surface area contributed by atoms with Crippen molar-refractivity contribution in [3.8, 4) is 0 Å². The Morgan fingerprint density at radius 2 is 1.35 bits per heavy atom. The Kier molecular flexibility index (Phi) is 15.4. The molecule has 280 valence electrons. The molecule has 49 heavy (non-hydrogen) atoms. The maximum absolute atomic E-state index is 11.8. The maximum atomic E-state index is 11.8. The van der Waals surface area contributed by atoms with Gasteiger partial charge >= 0.3 is 0 Å². The number of unbranched alkanes of at least 4 members (excludes halogenated alkanes) is 1. The van der Waals surface area contributed by atoms with Crippen molar-refractivity contribution in [2.45, 2.75) is 150 Å². The van der Waals surface area contributed by atoms with Gasteiger partial charge in [0.2, 0.25) is 0 Å². The number of fused-ring (bicyclic) bond motifs is 5. The lowest BCUT2D eigenvalue weighted by atomic mass is 9.43. The maximum Gasteiger partial charge on any atom is 0.0577 e. The van der Waals surface area contributed by atoms with E-state index in [0.29, 0.717) is 28.7 Å². The molecule has 0 aliphatic heterocycles. The summed E-state index contributed by atoms with van der Waals surface area (Å²) < 4.78 is 0. The molecule has 0 spiro atoms. The molecule has 5 heteroatoms. The van der Waals surface area contributed by atoms with Gasteiger partial charge in [0.15, 0.2) is 0 Å². The van der Waals surface area contributed by atoms with Crippen LogP contribution in [0.15, 0.2) is 30.3 Å². The molecule has 1 aromatic rings. The Hall–Kier alpha value is -0.980. The number of hydrogen-bond donors (Lipinski definition) is 5. The quantitative estimate of drug-likeness (QED) is 0.0844. The molecule has 10 atom stereocenters. The summed E-state index contributed by atoms with van der Waals surface area (Å²) in [5, 5.41) is 26.6. The second-order valence-electron chi connectivity index (χ2n) is 18.3. The highest BCUT2D eigenvalue weighted by Gasteiger charge is 2.62. The van der Waals surface area contributed by atoms with Crippen LogP contribution < -0.4 is 21.3 Å². The first kappa shape index (κ1) is 39.2. The third-order valence-corrected chi connectivity index (χ3v) is 14.7. The predicted molar refractivity (Wildman–Crippen MR) is 209 cm³/mol. The summed E-state index contributed by atoms with van der Waals surface area (Å²) >= 11 is 0. The summed E-state index contributed by atoms with van der Waals surface area (Å²) in [7, 11) is 0. The SMILES string of the molecule is CC(C)CCC[C@@H](C)[C@H]1CCC2C3C(CC[C@@]21C)[C@@]1(C)CC[C@H](NCCCNCCCCNCCCNCc2ccccc2)C[C@@H]1C[C@H]3O. The molecule has 5 rings (SSSR count). The van der Waals surface area contributed by atoms with Crippen molar-refractivity contribution >= 4 is 0 Å². The minimum Gasteiger partial charge on any atom is -0.393 e. The number of aliphatic hydroxyl groups excluding tert-OH is 1. The molecule has 0 amide bonds. The largest absolute Gasteiger partial charge is 0.393 e. The highest BCUT2D eigenvalue weighted by molar-refractivity contribution is 5.14. The fraction of sp³-hybridized carbons (Fsp3) is 0.864. The van der Waals surface area contributed by atoms with Crippen LogP contribution in [0.2, 0.25) is 0 Å². The van der Waals surface area contributed by atoms with E-state index >= 15 is 0 Å². The lowest BCUT2D eigenvalue weighted by Crippen LogP contribution is -2.59. The number of benzene rings is 1. The van der Waals surface area contributed by atoms with Crippen LogP contribution in [-0.2, 0) is 6.54 Å². The van der Waals surface area contributed by atoms with Crippen LogP contribution in [0, 0.1) is 52.3 Å². The third-order valence-electron chi connectivity index (χ3n) is 14.7. The topological polar surface area (TPSA) is 68.3 Å². The molecule has 4 aliphatic rings. The van der Waals surface area contributed by atoms with Crippen LogP contribution in [0.5, 0.6) is 0 Å². The van der Waals surface area contributed by atoms with Gasteiger partial charge in [-0.05, 0) is 174 Å². The second-order valence-corrected chi connectivity index (χ2v) is 18.3. The summed E-state index contributed by atoms with van der Waals surface area (Å²) in [6.45, 7) is 20.2. The van der Waals surface area contributed by atoms with Gasteiger partial charge in [-0.25, -0.2) is 0 Å². The Bertz CT molecular complexity index is 1070. The summed E-state index contributed by atoms with van der Waals surface area (Å²) in [5.41, 5.74) is 2.24. The Morgan fingerprint density at radius 3 is 2.08 bits per heavy atom. The molecular weight excluding hydrogens is 601 g/mol. The minimum atomic E-state index is -0.0808. The fourth-order valence-corrected chi connectivity index (χ4v) is 11.9. The molecule has 4 fully saturated rings. The highest BCUT2D eigenvalue weighted by Crippen LogP contribution is 2.68. The molecule has 5 N–H and O–H groups in total. The van der Waals surface area contributed by atoms with Gasteiger partial charge in [-0.2, -0.15) is 0 Å². The standard InChI is InChI=1S/C44H78N4O/c1-33(2)14-11-15-34(3)38-18-19-39-42-40(21-23-44(38,39)5)43(4)22-20-37(30-36(43)31-41(42)49)48-29-13-27-46-25-10-9-24-45-26-12-28-47-32-35-16-7-6-8-17-35/h6-8,16-17,33-34,36-42,45-49H,9-15,18-32H2,1-5H3/t34-,36-,37+,38-,39?,40?,41-,42?,43+,44-/m1/s1. The molecule has 4 saturated carbocycles. The van der Waals surface area contributed by atoms with Gasteiger partial charge in [-0.15, -0.1) is 0 Å². The van der Waals surface area contributed by atoms with Crippen molar-refractivity contribution in [3.63, 3.8) is 0 Å². The third kappa shape index (κ3) is 10.3. The van der Waals surface area contributed by atoms with Gasteiger partial charge in [0, 0.05) is 12.6 Å². The van der Waals surface area contributed by atoms with Crippen molar-refractivity contribution in [2.24, 2.45) is 52.3 Å². The summed E-state index contributed by atoms with van der Waals surface area (Å²) in [6, 6.07) is 11.3. The minimum absolute atomic E-state index is 0.0808. The molecular formula is C44H78N4O. The van der Waals surface area contributed by atoms with Crippen molar-refractivity contribution in [3.05, 3.63) is 35.9 Å². The number of rotatable bonds is 21. The normalized spacial score (nSPS) is 34.8. The number of nitrogens with one attached hydrogen (secondary N) is 4. The second kappa shape index (κ2) is 19.2. The van der Waals surface area contributed by atoms with Gasteiger partial charge in [-0.3, -0.25) is 0 Å². The molecule has 0 heterocycles. The van der Waals surface area contributed by atoms with Gasteiger partial charge in [0.25, 0.3) is 0 Å². The van der Waals surface area contributed by atoms with Gasteiger partial charge in [-0.1, -0.05) is 84.2 Å². The molecule has 0 saturated heterocycles. The average molecular weight is 679 g/mol. The van der Waals surface area contributed by atoms with Crippen LogP contribution in [0.4, 0.5) is 0 Å². The molecule has 0 aromatic heterocycles. The van der Waals surface area contributed by atoms with E-state index in [1.54, 1.807) is 0 Å². The average Bonchev–Trinajstić information content (AvgIpc) is 3.44. The molecule has 1 aromatic carbocycles. The first-order chi connectivity index (χ1) is 23.7. The van der Waals surface area contributed by atoms with Crippen LogP contribution in [-0.4, -0.2) is 56.5 Å². The van der Waals surface area contributed by atoms with Crippen LogP contribution in [0.3, 0.4) is 0 Å². The number of hydrogen-bond acceptors (Lipinski definition) is 5.